The van der Waals surface area contributed by atoms with Crippen molar-refractivity contribution in [3.8, 4) is 5.75 Å². The SMILES string of the molecule is O=S(=O)(c1ccc(OC(F)F)cc1)C(F)F. The molecule has 0 aromatic heterocycles. The van der Waals surface area contributed by atoms with Gasteiger partial charge in [-0.3, -0.25) is 0 Å². The number of halogens is 4. The minimum atomic E-state index is -4.70. The Kier molecular flexibility index (Phi) is 3.74. The maximum Gasteiger partial charge on any atom is 0.387 e. The number of alkyl halides is 4. The molecule has 0 aliphatic rings. The lowest BCUT2D eigenvalue weighted by Gasteiger charge is -2.06. The van der Waals surface area contributed by atoms with Crippen molar-refractivity contribution in [3.05, 3.63) is 24.3 Å². The van der Waals surface area contributed by atoms with E-state index in [0.29, 0.717) is 0 Å². The van der Waals surface area contributed by atoms with Crippen LogP contribution < -0.4 is 4.74 Å². The molecule has 0 atom stereocenters. The monoisotopic (exact) mass is 258 g/mol. The molecule has 0 fully saturated rings. The average molecular weight is 258 g/mol. The van der Waals surface area contributed by atoms with Crippen LogP contribution >= 0.6 is 0 Å². The summed E-state index contributed by atoms with van der Waals surface area (Å²) >= 11 is 0. The summed E-state index contributed by atoms with van der Waals surface area (Å²) in [6.07, 6.45) is 0. The highest BCUT2D eigenvalue weighted by molar-refractivity contribution is 7.91. The van der Waals surface area contributed by atoms with Crippen molar-refractivity contribution in [1.29, 1.82) is 0 Å². The highest BCUT2D eigenvalue weighted by atomic mass is 32.2. The Labute approximate surface area is 88.6 Å². The van der Waals surface area contributed by atoms with E-state index in [4.69, 9.17) is 0 Å². The fourth-order valence-electron chi connectivity index (χ4n) is 0.914. The van der Waals surface area contributed by atoms with Crippen molar-refractivity contribution < 1.29 is 30.7 Å². The molecule has 0 radical (unpaired) electrons. The Morgan fingerprint density at radius 1 is 1.00 bits per heavy atom. The molecule has 0 saturated heterocycles. The Morgan fingerprint density at radius 3 is 1.88 bits per heavy atom. The number of hydrogen-bond donors (Lipinski definition) is 0. The molecular formula is C8H6F4O3S. The number of benzene rings is 1. The lowest BCUT2D eigenvalue weighted by Crippen LogP contribution is -2.11. The van der Waals surface area contributed by atoms with E-state index in [2.05, 4.69) is 4.74 Å². The molecule has 16 heavy (non-hydrogen) atoms. The van der Waals surface area contributed by atoms with Crippen molar-refractivity contribution in [2.24, 2.45) is 0 Å². The summed E-state index contributed by atoms with van der Waals surface area (Å²) in [6, 6.07) is 3.31. The van der Waals surface area contributed by atoms with Crippen LogP contribution in [0.5, 0.6) is 5.75 Å². The topological polar surface area (TPSA) is 43.4 Å². The Balaban J connectivity index is 2.96. The second-order valence-corrected chi connectivity index (χ2v) is 4.57. The van der Waals surface area contributed by atoms with Crippen LogP contribution in [-0.2, 0) is 9.84 Å². The second kappa shape index (κ2) is 4.69. The molecule has 0 heterocycles. The van der Waals surface area contributed by atoms with E-state index in [1.807, 2.05) is 0 Å². The molecule has 1 aromatic rings. The number of sulfone groups is 1. The Bertz CT molecular complexity index is 441. The van der Waals surface area contributed by atoms with Gasteiger partial charge in [0.15, 0.2) is 0 Å². The van der Waals surface area contributed by atoms with Gasteiger partial charge in [0.25, 0.3) is 0 Å². The molecule has 90 valence electrons. The van der Waals surface area contributed by atoms with E-state index in [1.165, 1.54) is 0 Å². The third-order valence-electron chi connectivity index (χ3n) is 1.61. The van der Waals surface area contributed by atoms with E-state index in [0.717, 1.165) is 24.3 Å². The van der Waals surface area contributed by atoms with Crippen LogP contribution in [0.2, 0.25) is 0 Å². The molecule has 0 amide bonds. The molecule has 0 unspecified atom stereocenters. The van der Waals surface area contributed by atoms with Crippen LogP contribution in [-0.4, -0.2) is 20.8 Å². The summed E-state index contributed by atoms with van der Waals surface area (Å²) in [4.78, 5) is -0.649. The Hall–Kier alpha value is -1.31. The molecular weight excluding hydrogens is 252 g/mol. The maximum absolute atomic E-state index is 12.1. The predicted molar refractivity (Wildman–Crippen MR) is 46.3 cm³/mol. The fraction of sp³-hybridized carbons (Fsp3) is 0.250. The molecule has 0 aliphatic carbocycles. The van der Waals surface area contributed by atoms with E-state index in [9.17, 15) is 26.0 Å². The van der Waals surface area contributed by atoms with Gasteiger partial charge in [-0.15, -0.1) is 0 Å². The van der Waals surface area contributed by atoms with Gasteiger partial charge < -0.3 is 4.74 Å². The number of hydrogen-bond acceptors (Lipinski definition) is 3. The highest BCUT2D eigenvalue weighted by Crippen LogP contribution is 2.21. The number of ether oxygens (including phenoxy) is 1. The first-order valence-electron chi connectivity index (χ1n) is 3.91. The van der Waals surface area contributed by atoms with Crippen LogP contribution in [0.15, 0.2) is 29.2 Å². The van der Waals surface area contributed by atoms with Gasteiger partial charge in [-0.1, -0.05) is 0 Å². The second-order valence-electron chi connectivity index (χ2n) is 2.66. The van der Waals surface area contributed by atoms with Crippen molar-refractivity contribution in [2.45, 2.75) is 17.3 Å². The summed E-state index contributed by atoms with van der Waals surface area (Å²) in [6.45, 7) is -3.06. The third kappa shape index (κ3) is 2.84. The number of rotatable bonds is 4. The lowest BCUT2D eigenvalue weighted by atomic mass is 10.3. The van der Waals surface area contributed by atoms with E-state index in [-0.39, 0.29) is 5.75 Å². The molecule has 0 aliphatic heterocycles. The molecule has 3 nitrogen and oxygen atoms in total. The normalized spacial score (nSPS) is 12.1. The highest BCUT2D eigenvalue weighted by Gasteiger charge is 2.26. The van der Waals surface area contributed by atoms with Crippen molar-refractivity contribution >= 4 is 9.84 Å². The van der Waals surface area contributed by atoms with Crippen molar-refractivity contribution in [1.82, 2.24) is 0 Å². The first-order chi connectivity index (χ1) is 7.34. The van der Waals surface area contributed by atoms with Crippen LogP contribution in [0.1, 0.15) is 0 Å². The van der Waals surface area contributed by atoms with Gasteiger partial charge in [-0.2, -0.15) is 17.6 Å². The zero-order valence-corrected chi connectivity index (χ0v) is 8.43. The van der Waals surface area contributed by atoms with Crippen molar-refractivity contribution in [2.75, 3.05) is 0 Å². The quantitative estimate of drug-likeness (QED) is 0.778. The molecule has 0 bridgehead atoms. The van der Waals surface area contributed by atoms with Crippen molar-refractivity contribution in [3.63, 3.8) is 0 Å². The van der Waals surface area contributed by atoms with E-state index < -0.39 is 27.1 Å². The van der Waals surface area contributed by atoms with Gasteiger partial charge in [0.2, 0.25) is 9.84 Å². The summed E-state index contributed by atoms with van der Waals surface area (Å²) in [7, 11) is -4.70. The van der Waals surface area contributed by atoms with Gasteiger partial charge in [-0.05, 0) is 24.3 Å². The molecule has 0 N–H and O–H groups in total. The zero-order valence-electron chi connectivity index (χ0n) is 7.61. The van der Waals surface area contributed by atoms with Crippen LogP contribution in [0.4, 0.5) is 17.6 Å². The first kappa shape index (κ1) is 12.8. The molecule has 1 aromatic carbocycles. The van der Waals surface area contributed by atoms with Gasteiger partial charge in [-0.25, -0.2) is 8.42 Å². The van der Waals surface area contributed by atoms with Gasteiger partial charge in [0.05, 0.1) is 4.90 Å². The summed E-state index contributed by atoms with van der Waals surface area (Å²) in [5.74, 6) is -3.85. The smallest absolute Gasteiger partial charge is 0.387 e. The van der Waals surface area contributed by atoms with Crippen LogP contribution in [0, 0.1) is 0 Å². The maximum atomic E-state index is 12.1. The van der Waals surface area contributed by atoms with Gasteiger partial charge in [0, 0.05) is 0 Å². The standard InChI is InChI=1S/C8H6F4O3S/c9-7(10)15-5-1-3-6(4-2-5)16(13,14)8(11)12/h1-4,7-8H. The molecule has 0 spiro atoms. The summed E-state index contributed by atoms with van der Waals surface area (Å²) < 4.78 is 73.4. The lowest BCUT2D eigenvalue weighted by molar-refractivity contribution is -0.0498. The first-order valence-corrected chi connectivity index (χ1v) is 5.45. The van der Waals surface area contributed by atoms with Crippen LogP contribution in [0.25, 0.3) is 0 Å². The zero-order chi connectivity index (χ0) is 12.3. The minimum Gasteiger partial charge on any atom is -0.435 e. The molecule has 0 saturated carbocycles. The van der Waals surface area contributed by atoms with Gasteiger partial charge in [0.1, 0.15) is 5.75 Å². The van der Waals surface area contributed by atoms with Crippen LogP contribution in [0.3, 0.4) is 0 Å². The average Bonchev–Trinajstić information content (AvgIpc) is 2.17. The van der Waals surface area contributed by atoms with Gasteiger partial charge >= 0.3 is 12.4 Å². The molecule has 8 heteroatoms. The van der Waals surface area contributed by atoms with E-state index >= 15 is 0 Å². The molecule has 1 rings (SSSR count). The Morgan fingerprint density at radius 2 is 1.50 bits per heavy atom. The summed E-state index contributed by atoms with van der Waals surface area (Å²) in [5.41, 5.74) is 0. The largest absolute Gasteiger partial charge is 0.435 e. The minimum absolute atomic E-state index is 0.303. The predicted octanol–water partition coefficient (Wildman–Crippen LogP) is 2.28. The third-order valence-corrected chi connectivity index (χ3v) is 3.01. The van der Waals surface area contributed by atoms with E-state index in [1.54, 1.807) is 0 Å². The fourth-order valence-corrected chi connectivity index (χ4v) is 1.63. The summed E-state index contributed by atoms with van der Waals surface area (Å²) in [5, 5.41) is 0.